The highest BCUT2D eigenvalue weighted by molar-refractivity contribution is 5.35. The first-order chi connectivity index (χ1) is 6.70. The Morgan fingerprint density at radius 3 is 2.64 bits per heavy atom. The van der Waals surface area contributed by atoms with Crippen molar-refractivity contribution in [3.05, 3.63) is 29.3 Å². The minimum atomic E-state index is -0.915. The maximum absolute atomic E-state index is 13.2. The fourth-order valence-electron chi connectivity index (χ4n) is 1.16. The van der Waals surface area contributed by atoms with Crippen LogP contribution in [-0.2, 0) is 11.3 Å². The maximum Gasteiger partial charge on any atom is 0.165 e. The van der Waals surface area contributed by atoms with Crippen LogP contribution in [0.1, 0.15) is 5.56 Å². The smallest absolute Gasteiger partial charge is 0.165 e. The Labute approximate surface area is 80.4 Å². The van der Waals surface area contributed by atoms with E-state index in [4.69, 9.17) is 10.6 Å². The largest absolute Gasteiger partial charge is 0.496 e. The molecular weight excluding hydrogens is 192 g/mol. The molecule has 5 heteroatoms. The third kappa shape index (κ3) is 2.18. The van der Waals surface area contributed by atoms with Gasteiger partial charge in [-0.15, -0.1) is 0 Å². The second kappa shape index (κ2) is 4.88. The molecule has 2 N–H and O–H groups in total. The zero-order chi connectivity index (χ0) is 10.6. The van der Waals surface area contributed by atoms with Gasteiger partial charge in [-0.2, -0.15) is 0 Å². The third-order valence-corrected chi connectivity index (χ3v) is 1.84. The average Bonchev–Trinajstić information content (AvgIpc) is 2.20. The summed E-state index contributed by atoms with van der Waals surface area (Å²) in [6.45, 7) is 0.108. The summed E-state index contributed by atoms with van der Waals surface area (Å²) in [6, 6.07) is 2.38. The first-order valence-corrected chi connectivity index (χ1v) is 4.03. The van der Waals surface area contributed by atoms with Crippen molar-refractivity contribution in [1.82, 2.24) is 0 Å². The molecule has 1 aromatic rings. The number of ether oxygens (including phenoxy) is 1. The Hall–Kier alpha value is -1.20. The quantitative estimate of drug-likeness (QED) is 0.752. The van der Waals surface area contributed by atoms with E-state index in [1.165, 1.54) is 13.2 Å². The van der Waals surface area contributed by atoms with E-state index in [9.17, 15) is 8.78 Å². The molecule has 0 heterocycles. The van der Waals surface area contributed by atoms with Crippen LogP contribution < -0.4 is 10.6 Å². The molecule has 0 saturated carbocycles. The van der Waals surface area contributed by atoms with E-state index in [1.54, 1.807) is 0 Å². The Kier molecular flexibility index (Phi) is 3.79. The lowest BCUT2D eigenvalue weighted by atomic mass is 10.1. The van der Waals surface area contributed by atoms with Gasteiger partial charge in [-0.05, 0) is 12.1 Å². The second-order valence-electron chi connectivity index (χ2n) is 2.66. The van der Waals surface area contributed by atoms with Gasteiger partial charge >= 0.3 is 0 Å². The molecule has 0 bridgehead atoms. The SMILES string of the molecule is COc1ccc(F)c(F)c1CCON. The lowest BCUT2D eigenvalue weighted by Crippen LogP contribution is -2.07. The molecular formula is C9H11F2NO2. The van der Waals surface area contributed by atoms with E-state index in [0.29, 0.717) is 5.75 Å². The van der Waals surface area contributed by atoms with Gasteiger partial charge in [0.2, 0.25) is 0 Å². The summed E-state index contributed by atoms with van der Waals surface area (Å²) in [4.78, 5) is 4.30. The third-order valence-electron chi connectivity index (χ3n) is 1.84. The van der Waals surface area contributed by atoms with Crippen LogP contribution in [0.25, 0.3) is 0 Å². The first kappa shape index (κ1) is 10.9. The van der Waals surface area contributed by atoms with Crippen molar-refractivity contribution in [1.29, 1.82) is 0 Å². The van der Waals surface area contributed by atoms with Gasteiger partial charge in [-0.3, -0.25) is 0 Å². The molecule has 0 radical (unpaired) electrons. The summed E-state index contributed by atoms with van der Waals surface area (Å²) in [5, 5.41) is 0. The minimum Gasteiger partial charge on any atom is -0.496 e. The predicted molar refractivity (Wildman–Crippen MR) is 46.8 cm³/mol. The molecule has 0 saturated heterocycles. The molecule has 14 heavy (non-hydrogen) atoms. The van der Waals surface area contributed by atoms with E-state index in [1.807, 2.05) is 0 Å². The van der Waals surface area contributed by atoms with Crippen LogP contribution in [0.15, 0.2) is 12.1 Å². The number of benzene rings is 1. The van der Waals surface area contributed by atoms with Crippen LogP contribution in [0, 0.1) is 11.6 Å². The highest BCUT2D eigenvalue weighted by Crippen LogP contribution is 2.23. The van der Waals surface area contributed by atoms with Gasteiger partial charge in [0, 0.05) is 12.0 Å². The fourth-order valence-corrected chi connectivity index (χ4v) is 1.16. The number of nitrogens with two attached hydrogens (primary N) is 1. The van der Waals surface area contributed by atoms with Crippen LogP contribution >= 0.6 is 0 Å². The van der Waals surface area contributed by atoms with Crippen molar-refractivity contribution in [2.24, 2.45) is 5.90 Å². The number of hydrogen-bond acceptors (Lipinski definition) is 3. The second-order valence-corrected chi connectivity index (χ2v) is 2.66. The Bertz CT molecular complexity index is 318. The molecule has 78 valence electrons. The fraction of sp³-hybridized carbons (Fsp3) is 0.333. The molecule has 0 aromatic heterocycles. The van der Waals surface area contributed by atoms with Crippen molar-refractivity contribution in [2.45, 2.75) is 6.42 Å². The predicted octanol–water partition coefficient (Wildman–Crippen LogP) is 1.41. The van der Waals surface area contributed by atoms with Crippen LogP contribution in [0.4, 0.5) is 8.78 Å². The normalized spacial score (nSPS) is 10.3. The minimum absolute atomic E-state index is 0.108. The molecule has 0 spiro atoms. The zero-order valence-corrected chi connectivity index (χ0v) is 7.72. The summed E-state index contributed by atoms with van der Waals surface area (Å²) in [5.41, 5.74) is 0.137. The number of halogens is 2. The summed E-state index contributed by atoms with van der Waals surface area (Å²) in [7, 11) is 1.39. The molecule has 3 nitrogen and oxygen atoms in total. The van der Waals surface area contributed by atoms with Gasteiger partial charge in [-0.1, -0.05) is 0 Å². The molecule has 0 unspecified atom stereocenters. The average molecular weight is 203 g/mol. The lowest BCUT2D eigenvalue weighted by Gasteiger charge is -2.09. The van der Waals surface area contributed by atoms with E-state index in [0.717, 1.165) is 6.07 Å². The Morgan fingerprint density at radius 2 is 2.07 bits per heavy atom. The number of methoxy groups -OCH3 is 1. The van der Waals surface area contributed by atoms with Crippen LogP contribution in [0.3, 0.4) is 0 Å². The van der Waals surface area contributed by atoms with E-state index in [-0.39, 0.29) is 18.6 Å². The summed E-state index contributed by atoms with van der Waals surface area (Å²) in [6.07, 6.45) is 0.170. The van der Waals surface area contributed by atoms with Crippen molar-refractivity contribution in [2.75, 3.05) is 13.7 Å². The first-order valence-electron chi connectivity index (χ1n) is 4.03. The van der Waals surface area contributed by atoms with Crippen molar-refractivity contribution in [3.63, 3.8) is 0 Å². The highest BCUT2D eigenvalue weighted by atomic mass is 19.2. The molecule has 0 atom stereocenters. The van der Waals surface area contributed by atoms with Crippen molar-refractivity contribution in [3.8, 4) is 5.75 Å². The molecule has 0 amide bonds. The highest BCUT2D eigenvalue weighted by Gasteiger charge is 2.13. The van der Waals surface area contributed by atoms with Gasteiger partial charge in [-0.25, -0.2) is 14.7 Å². The lowest BCUT2D eigenvalue weighted by molar-refractivity contribution is 0.140. The van der Waals surface area contributed by atoms with Gasteiger partial charge in [0.1, 0.15) is 5.75 Å². The topological polar surface area (TPSA) is 44.5 Å². The summed E-state index contributed by atoms with van der Waals surface area (Å²) in [5.74, 6) is 3.27. The van der Waals surface area contributed by atoms with Gasteiger partial charge in [0.25, 0.3) is 0 Å². The van der Waals surface area contributed by atoms with E-state index >= 15 is 0 Å². The summed E-state index contributed by atoms with van der Waals surface area (Å²) >= 11 is 0. The number of rotatable bonds is 4. The molecule has 0 fully saturated rings. The van der Waals surface area contributed by atoms with Gasteiger partial charge in [0.15, 0.2) is 11.6 Å². The van der Waals surface area contributed by atoms with Crippen LogP contribution in [0.5, 0.6) is 5.75 Å². The monoisotopic (exact) mass is 203 g/mol. The summed E-state index contributed by atoms with van der Waals surface area (Å²) < 4.78 is 30.9. The van der Waals surface area contributed by atoms with Crippen molar-refractivity contribution < 1.29 is 18.4 Å². The molecule has 0 aliphatic carbocycles. The molecule has 1 aromatic carbocycles. The van der Waals surface area contributed by atoms with Crippen molar-refractivity contribution >= 4 is 0 Å². The Balaban J connectivity index is 3.01. The number of hydrogen-bond donors (Lipinski definition) is 1. The molecule has 0 aliphatic rings. The van der Waals surface area contributed by atoms with Gasteiger partial charge < -0.3 is 9.57 Å². The Morgan fingerprint density at radius 1 is 1.36 bits per heavy atom. The van der Waals surface area contributed by atoms with E-state index < -0.39 is 11.6 Å². The van der Waals surface area contributed by atoms with E-state index in [2.05, 4.69) is 4.84 Å². The molecule has 0 aliphatic heterocycles. The molecule has 1 rings (SSSR count). The standard InChI is InChI=1S/C9H11F2NO2/c1-13-8-3-2-7(10)9(11)6(8)4-5-14-12/h2-3H,4-5,12H2,1H3. The van der Waals surface area contributed by atoms with Crippen LogP contribution in [-0.4, -0.2) is 13.7 Å². The van der Waals surface area contributed by atoms with Crippen LogP contribution in [0.2, 0.25) is 0 Å². The zero-order valence-electron chi connectivity index (χ0n) is 7.72. The maximum atomic E-state index is 13.2. The van der Waals surface area contributed by atoms with Gasteiger partial charge in [0.05, 0.1) is 13.7 Å².